The van der Waals surface area contributed by atoms with Crippen LogP contribution in [-0.2, 0) is 0 Å². The molecule has 2 heterocycles. The fraction of sp³-hybridized carbons (Fsp3) is 0.294. The number of nitrogens with two attached hydrogens (primary N) is 1. The number of aromatic nitrogens is 1. The van der Waals surface area contributed by atoms with E-state index in [2.05, 4.69) is 15.2 Å². The Morgan fingerprint density at radius 2 is 2.20 bits per heavy atom. The van der Waals surface area contributed by atoms with E-state index in [0.717, 1.165) is 18.8 Å². The SMILES string of the molecule is COc1cc(N)c(Cl)cc1C(=O)NC1CCN(c2ncccc2Cl)C1. The first-order valence-corrected chi connectivity index (χ1v) is 8.54. The van der Waals surface area contributed by atoms with Gasteiger partial charge in [0.2, 0.25) is 0 Å². The Hall–Kier alpha value is -2.18. The zero-order chi connectivity index (χ0) is 18.0. The van der Waals surface area contributed by atoms with E-state index in [-0.39, 0.29) is 11.9 Å². The van der Waals surface area contributed by atoms with Gasteiger partial charge in [-0.05, 0) is 24.6 Å². The van der Waals surface area contributed by atoms with Gasteiger partial charge >= 0.3 is 0 Å². The Labute approximate surface area is 155 Å². The molecule has 0 aliphatic carbocycles. The largest absolute Gasteiger partial charge is 0.496 e. The molecule has 1 saturated heterocycles. The lowest BCUT2D eigenvalue weighted by molar-refractivity contribution is 0.0937. The van der Waals surface area contributed by atoms with E-state index < -0.39 is 0 Å². The lowest BCUT2D eigenvalue weighted by Gasteiger charge is -2.19. The molecule has 0 radical (unpaired) electrons. The Morgan fingerprint density at radius 1 is 1.40 bits per heavy atom. The second-order valence-corrected chi connectivity index (χ2v) is 6.60. The molecule has 0 saturated carbocycles. The molecule has 1 aromatic heterocycles. The quantitative estimate of drug-likeness (QED) is 0.796. The zero-order valence-electron chi connectivity index (χ0n) is 13.6. The molecular formula is C17H18Cl2N4O2. The van der Waals surface area contributed by atoms with Crippen molar-refractivity contribution in [3.63, 3.8) is 0 Å². The van der Waals surface area contributed by atoms with Crippen LogP contribution in [0, 0.1) is 0 Å². The number of nitrogen functional groups attached to an aromatic ring is 1. The van der Waals surface area contributed by atoms with E-state index in [1.807, 2.05) is 0 Å². The van der Waals surface area contributed by atoms with E-state index in [1.165, 1.54) is 13.2 Å². The van der Waals surface area contributed by atoms with Gasteiger partial charge in [0, 0.05) is 31.4 Å². The molecule has 0 bridgehead atoms. The highest BCUT2D eigenvalue weighted by molar-refractivity contribution is 6.33. The highest BCUT2D eigenvalue weighted by Crippen LogP contribution is 2.29. The number of pyridine rings is 1. The first-order chi connectivity index (χ1) is 12.0. The van der Waals surface area contributed by atoms with Crippen molar-refractivity contribution >= 4 is 40.6 Å². The van der Waals surface area contributed by atoms with Crippen LogP contribution in [0.4, 0.5) is 11.5 Å². The molecule has 8 heteroatoms. The number of anilines is 2. The summed E-state index contributed by atoms with van der Waals surface area (Å²) >= 11 is 12.2. The van der Waals surface area contributed by atoms with Crippen molar-refractivity contribution in [2.75, 3.05) is 30.8 Å². The maximum absolute atomic E-state index is 12.6. The minimum absolute atomic E-state index is 0.0217. The van der Waals surface area contributed by atoms with Gasteiger partial charge in [0.15, 0.2) is 0 Å². The molecule has 1 fully saturated rings. The predicted octanol–water partition coefficient (Wildman–Crippen LogP) is 2.99. The van der Waals surface area contributed by atoms with Crippen LogP contribution in [-0.4, -0.2) is 37.1 Å². The Bertz CT molecular complexity index is 800. The predicted molar refractivity (Wildman–Crippen MR) is 99.7 cm³/mol. The van der Waals surface area contributed by atoms with Gasteiger partial charge in [-0.2, -0.15) is 0 Å². The lowest BCUT2D eigenvalue weighted by atomic mass is 10.1. The number of amides is 1. The average molecular weight is 381 g/mol. The summed E-state index contributed by atoms with van der Waals surface area (Å²) in [6.07, 6.45) is 2.50. The van der Waals surface area contributed by atoms with Crippen LogP contribution in [0.15, 0.2) is 30.5 Å². The number of nitrogens with one attached hydrogen (secondary N) is 1. The smallest absolute Gasteiger partial charge is 0.255 e. The Morgan fingerprint density at radius 3 is 2.92 bits per heavy atom. The number of carbonyl (C=O) groups is 1. The molecule has 0 spiro atoms. The van der Waals surface area contributed by atoms with Gasteiger partial charge in [0.25, 0.3) is 5.91 Å². The van der Waals surface area contributed by atoms with Gasteiger partial charge in [-0.15, -0.1) is 0 Å². The van der Waals surface area contributed by atoms with Crippen molar-refractivity contribution in [2.45, 2.75) is 12.5 Å². The summed E-state index contributed by atoms with van der Waals surface area (Å²) in [5.74, 6) is 0.869. The van der Waals surface area contributed by atoms with Crippen LogP contribution < -0.4 is 20.7 Å². The van der Waals surface area contributed by atoms with Crippen LogP contribution in [0.3, 0.4) is 0 Å². The van der Waals surface area contributed by atoms with Gasteiger partial charge in [-0.3, -0.25) is 4.79 Å². The second-order valence-electron chi connectivity index (χ2n) is 5.79. The van der Waals surface area contributed by atoms with E-state index in [0.29, 0.717) is 33.6 Å². The lowest BCUT2D eigenvalue weighted by Crippen LogP contribution is -2.37. The molecule has 2 aromatic rings. The minimum atomic E-state index is -0.252. The molecule has 3 N–H and O–H groups in total. The first-order valence-electron chi connectivity index (χ1n) is 7.79. The maximum atomic E-state index is 12.6. The third kappa shape index (κ3) is 3.75. The van der Waals surface area contributed by atoms with Crippen LogP contribution in [0.25, 0.3) is 0 Å². The minimum Gasteiger partial charge on any atom is -0.496 e. The number of hydrogen-bond acceptors (Lipinski definition) is 5. The Balaban J connectivity index is 1.71. The van der Waals surface area contributed by atoms with Gasteiger partial charge in [-0.1, -0.05) is 23.2 Å². The molecule has 132 valence electrons. The van der Waals surface area contributed by atoms with Crippen molar-refractivity contribution in [1.29, 1.82) is 0 Å². The number of hydrogen-bond donors (Lipinski definition) is 2. The third-order valence-electron chi connectivity index (χ3n) is 4.13. The van der Waals surface area contributed by atoms with E-state index in [4.69, 9.17) is 33.7 Å². The molecule has 1 atom stereocenters. The number of rotatable bonds is 4. The van der Waals surface area contributed by atoms with Crippen molar-refractivity contribution < 1.29 is 9.53 Å². The van der Waals surface area contributed by atoms with Crippen LogP contribution in [0.2, 0.25) is 10.0 Å². The van der Waals surface area contributed by atoms with Gasteiger partial charge < -0.3 is 20.7 Å². The number of ether oxygens (including phenoxy) is 1. The van der Waals surface area contributed by atoms with Crippen LogP contribution >= 0.6 is 23.2 Å². The van der Waals surface area contributed by atoms with Crippen LogP contribution in [0.1, 0.15) is 16.8 Å². The average Bonchev–Trinajstić information content (AvgIpc) is 3.05. The molecule has 1 unspecified atom stereocenters. The number of benzene rings is 1. The topological polar surface area (TPSA) is 80.5 Å². The first kappa shape index (κ1) is 17.6. The fourth-order valence-electron chi connectivity index (χ4n) is 2.86. The molecule has 25 heavy (non-hydrogen) atoms. The highest BCUT2D eigenvalue weighted by atomic mass is 35.5. The summed E-state index contributed by atoms with van der Waals surface area (Å²) < 4.78 is 5.24. The molecule has 1 aromatic carbocycles. The van der Waals surface area contributed by atoms with Crippen molar-refractivity contribution in [2.24, 2.45) is 0 Å². The summed E-state index contributed by atoms with van der Waals surface area (Å²) in [5.41, 5.74) is 6.48. The van der Waals surface area contributed by atoms with Crippen molar-refractivity contribution in [3.8, 4) is 5.75 Å². The molecular weight excluding hydrogens is 363 g/mol. The summed E-state index contributed by atoms with van der Waals surface area (Å²) in [4.78, 5) is 19.0. The summed E-state index contributed by atoms with van der Waals surface area (Å²) in [7, 11) is 1.49. The highest BCUT2D eigenvalue weighted by Gasteiger charge is 2.27. The van der Waals surface area contributed by atoms with Gasteiger partial charge in [0.05, 0.1) is 28.4 Å². The van der Waals surface area contributed by atoms with Gasteiger partial charge in [-0.25, -0.2) is 4.98 Å². The normalized spacial score (nSPS) is 16.8. The van der Waals surface area contributed by atoms with Crippen molar-refractivity contribution in [3.05, 3.63) is 46.1 Å². The van der Waals surface area contributed by atoms with E-state index in [9.17, 15) is 4.79 Å². The number of nitrogens with zero attached hydrogens (tertiary/aromatic N) is 2. The monoisotopic (exact) mass is 380 g/mol. The molecule has 3 rings (SSSR count). The molecule has 1 aliphatic heterocycles. The van der Waals surface area contributed by atoms with E-state index >= 15 is 0 Å². The summed E-state index contributed by atoms with van der Waals surface area (Å²) in [6.45, 7) is 1.40. The van der Waals surface area contributed by atoms with Crippen LogP contribution in [0.5, 0.6) is 5.75 Å². The third-order valence-corrected chi connectivity index (χ3v) is 4.75. The maximum Gasteiger partial charge on any atom is 0.255 e. The molecule has 1 amide bonds. The molecule has 6 nitrogen and oxygen atoms in total. The summed E-state index contributed by atoms with van der Waals surface area (Å²) in [6, 6.07) is 6.64. The summed E-state index contributed by atoms with van der Waals surface area (Å²) in [5, 5.41) is 3.92. The van der Waals surface area contributed by atoms with Crippen molar-refractivity contribution in [1.82, 2.24) is 10.3 Å². The standard InChI is InChI=1S/C17H18Cl2N4O2/c1-25-15-8-14(20)13(19)7-11(15)17(24)22-10-4-6-23(9-10)16-12(18)3-2-5-21-16/h2-3,5,7-8,10H,4,6,9,20H2,1H3,(H,22,24). The number of halogens is 2. The van der Waals surface area contributed by atoms with E-state index in [1.54, 1.807) is 24.4 Å². The number of methoxy groups -OCH3 is 1. The fourth-order valence-corrected chi connectivity index (χ4v) is 3.26. The Kier molecular flexibility index (Phi) is 5.20. The number of carbonyl (C=O) groups excluding carboxylic acids is 1. The zero-order valence-corrected chi connectivity index (χ0v) is 15.1. The van der Waals surface area contributed by atoms with Gasteiger partial charge in [0.1, 0.15) is 11.6 Å². The molecule has 1 aliphatic rings. The second kappa shape index (κ2) is 7.37.